The Bertz CT molecular complexity index is 272. The molecule has 0 spiro atoms. The van der Waals surface area contributed by atoms with E-state index in [1.165, 1.54) is 0 Å². The number of hydrogen-bond acceptors (Lipinski definition) is 2. The summed E-state index contributed by atoms with van der Waals surface area (Å²) >= 11 is 0. The summed E-state index contributed by atoms with van der Waals surface area (Å²) in [5.74, 6) is -0.384. The summed E-state index contributed by atoms with van der Waals surface area (Å²) in [6.45, 7) is 0. The lowest BCUT2D eigenvalue weighted by Crippen LogP contribution is -2.07. The molecule has 0 atom stereocenters. The minimum absolute atomic E-state index is 0.384. The molecule has 1 aromatic heterocycles. The van der Waals surface area contributed by atoms with Crippen LogP contribution in [-0.4, -0.2) is 12.1 Å². The third-order valence-corrected chi connectivity index (χ3v) is 1.24. The molecule has 0 saturated heterocycles. The highest BCUT2D eigenvalue weighted by molar-refractivity contribution is 5.31. The second-order valence-electron chi connectivity index (χ2n) is 2.00. The molecule has 2 nitrogen and oxygen atoms in total. The van der Waals surface area contributed by atoms with E-state index in [0.29, 0.717) is 0 Å². The molecule has 0 N–H and O–H groups in total. The van der Waals surface area contributed by atoms with Gasteiger partial charge in [-0.05, 0) is 6.07 Å². The van der Waals surface area contributed by atoms with Crippen LogP contribution in [0.3, 0.4) is 0 Å². The Kier molecular flexibility index (Phi) is 2.21. The lowest BCUT2D eigenvalue weighted by molar-refractivity contribution is -0.138. The smallest absolute Gasteiger partial charge is 0.420 e. The fourth-order valence-corrected chi connectivity index (χ4v) is 0.722. The van der Waals surface area contributed by atoms with E-state index in [2.05, 4.69) is 15.9 Å². The summed E-state index contributed by atoms with van der Waals surface area (Å²) in [5, 5.41) is 0. The highest BCUT2D eigenvalue weighted by atomic mass is 19.4. The SMILES string of the molecule is COc1[c]nccc1C(F)(F)F. The first kappa shape index (κ1) is 8.83. The van der Waals surface area contributed by atoms with Gasteiger partial charge in [0.2, 0.25) is 0 Å². The molecule has 0 aliphatic rings. The highest BCUT2D eigenvalue weighted by Gasteiger charge is 2.34. The summed E-state index contributed by atoms with van der Waals surface area (Å²) in [6.07, 6.45) is -1.29. The Labute approximate surface area is 67.0 Å². The molecular weight excluding hydrogens is 171 g/mol. The largest absolute Gasteiger partial charge is 0.494 e. The van der Waals surface area contributed by atoms with Gasteiger partial charge in [-0.15, -0.1) is 0 Å². The van der Waals surface area contributed by atoms with Crippen LogP contribution in [-0.2, 0) is 6.18 Å². The molecular formula is C7H5F3NO. The Balaban J connectivity index is 3.14. The minimum Gasteiger partial charge on any atom is -0.494 e. The van der Waals surface area contributed by atoms with Crippen molar-refractivity contribution in [3.63, 3.8) is 0 Å². The van der Waals surface area contributed by atoms with E-state index < -0.39 is 11.7 Å². The molecule has 0 aliphatic heterocycles. The summed E-state index contributed by atoms with van der Waals surface area (Å²) < 4.78 is 40.8. The second kappa shape index (κ2) is 3.00. The molecule has 0 amide bonds. The molecule has 0 bridgehead atoms. The predicted octanol–water partition coefficient (Wildman–Crippen LogP) is 1.91. The Hall–Kier alpha value is -1.26. The monoisotopic (exact) mass is 176 g/mol. The van der Waals surface area contributed by atoms with Crippen molar-refractivity contribution in [2.75, 3.05) is 7.11 Å². The van der Waals surface area contributed by atoms with Gasteiger partial charge in [0.1, 0.15) is 11.8 Å². The zero-order valence-electron chi connectivity index (χ0n) is 6.14. The average Bonchev–Trinajstić information content (AvgIpc) is 2.03. The van der Waals surface area contributed by atoms with Crippen molar-refractivity contribution in [3.8, 4) is 5.75 Å². The van der Waals surface area contributed by atoms with Gasteiger partial charge < -0.3 is 4.74 Å². The van der Waals surface area contributed by atoms with E-state index in [1.54, 1.807) is 0 Å². The number of ether oxygens (including phenoxy) is 1. The number of rotatable bonds is 1. The Morgan fingerprint density at radius 2 is 2.17 bits per heavy atom. The van der Waals surface area contributed by atoms with Gasteiger partial charge in [0.25, 0.3) is 0 Å². The van der Waals surface area contributed by atoms with Crippen molar-refractivity contribution >= 4 is 0 Å². The van der Waals surface area contributed by atoms with Crippen LogP contribution in [0.4, 0.5) is 13.2 Å². The number of pyridine rings is 1. The van der Waals surface area contributed by atoms with Gasteiger partial charge in [0, 0.05) is 6.20 Å². The number of aromatic nitrogens is 1. The fraction of sp³-hybridized carbons (Fsp3) is 0.286. The maximum atomic E-state index is 12.1. The summed E-state index contributed by atoms with van der Waals surface area (Å²) in [5.41, 5.74) is -0.861. The maximum absolute atomic E-state index is 12.1. The first-order valence-electron chi connectivity index (χ1n) is 3.03. The van der Waals surface area contributed by atoms with Gasteiger partial charge in [-0.2, -0.15) is 13.2 Å². The molecule has 0 aromatic carbocycles. The fourth-order valence-electron chi connectivity index (χ4n) is 0.722. The van der Waals surface area contributed by atoms with Crippen molar-refractivity contribution in [1.29, 1.82) is 0 Å². The number of hydrogen-bond donors (Lipinski definition) is 0. The highest BCUT2D eigenvalue weighted by Crippen LogP contribution is 2.34. The van der Waals surface area contributed by atoms with Crippen LogP contribution in [0.25, 0.3) is 0 Å². The van der Waals surface area contributed by atoms with Crippen LogP contribution in [0.15, 0.2) is 12.3 Å². The lowest BCUT2D eigenvalue weighted by atomic mass is 10.2. The van der Waals surface area contributed by atoms with E-state index in [9.17, 15) is 13.2 Å². The number of halogens is 3. The Morgan fingerprint density at radius 1 is 1.50 bits per heavy atom. The zero-order valence-corrected chi connectivity index (χ0v) is 6.14. The molecule has 1 radical (unpaired) electrons. The van der Waals surface area contributed by atoms with E-state index in [-0.39, 0.29) is 5.75 Å². The molecule has 0 aliphatic carbocycles. The standard InChI is InChI=1S/C7H5F3NO/c1-12-6-4-11-3-2-5(6)7(8,9)10/h2-3H,1H3. The van der Waals surface area contributed by atoms with E-state index in [0.717, 1.165) is 19.4 Å². The van der Waals surface area contributed by atoms with Crippen LogP contribution in [0.2, 0.25) is 0 Å². The third kappa shape index (κ3) is 1.66. The predicted molar refractivity (Wildman–Crippen MR) is 34.6 cm³/mol. The summed E-state index contributed by atoms with van der Waals surface area (Å²) in [4.78, 5) is 3.38. The van der Waals surface area contributed by atoms with E-state index in [1.807, 2.05) is 0 Å². The van der Waals surface area contributed by atoms with Crippen molar-refractivity contribution in [1.82, 2.24) is 4.98 Å². The molecule has 0 fully saturated rings. The van der Waals surface area contributed by atoms with Crippen LogP contribution < -0.4 is 4.74 Å². The minimum atomic E-state index is -4.41. The van der Waals surface area contributed by atoms with Crippen LogP contribution in [0.5, 0.6) is 5.75 Å². The molecule has 65 valence electrons. The summed E-state index contributed by atoms with van der Waals surface area (Å²) in [6, 6.07) is 0.843. The summed E-state index contributed by atoms with van der Waals surface area (Å²) in [7, 11) is 1.14. The maximum Gasteiger partial charge on any atom is 0.420 e. The van der Waals surface area contributed by atoms with Crippen LogP contribution >= 0.6 is 0 Å². The molecule has 12 heavy (non-hydrogen) atoms. The van der Waals surface area contributed by atoms with Gasteiger partial charge >= 0.3 is 6.18 Å². The normalized spacial score (nSPS) is 11.3. The van der Waals surface area contributed by atoms with Gasteiger partial charge in [0.15, 0.2) is 5.75 Å². The molecule has 1 rings (SSSR count). The van der Waals surface area contributed by atoms with Gasteiger partial charge in [-0.25, -0.2) is 0 Å². The molecule has 0 saturated carbocycles. The van der Waals surface area contributed by atoms with Gasteiger partial charge in [0.05, 0.1) is 7.11 Å². The molecule has 1 heterocycles. The average molecular weight is 176 g/mol. The number of alkyl halides is 3. The molecule has 5 heteroatoms. The van der Waals surface area contributed by atoms with Crippen LogP contribution in [0, 0.1) is 6.20 Å². The van der Waals surface area contributed by atoms with Crippen LogP contribution in [0.1, 0.15) is 5.56 Å². The molecule has 1 aromatic rings. The van der Waals surface area contributed by atoms with Crippen molar-refractivity contribution < 1.29 is 17.9 Å². The first-order valence-corrected chi connectivity index (χ1v) is 3.03. The molecule has 0 unspecified atom stereocenters. The topological polar surface area (TPSA) is 22.1 Å². The van der Waals surface area contributed by atoms with Gasteiger partial charge in [-0.1, -0.05) is 0 Å². The Morgan fingerprint density at radius 3 is 2.58 bits per heavy atom. The van der Waals surface area contributed by atoms with Crippen molar-refractivity contribution in [3.05, 3.63) is 24.0 Å². The number of nitrogens with zero attached hydrogens (tertiary/aromatic N) is 1. The van der Waals surface area contributed by atoms with Gasteiger partial charge in [-0.3, -0.25) is 4.98 Å². The van der Waals surface area contributed by atoms with E-state index in [4.69, 9.17) is 0 Å². The number of methoxy groups -OCH3 is 1. The third-order valence-electron chi connectivity index (χ3n) is 1.24. The second-order valence-corrected chi connectivity index (χ2v) is 2.00. The van der Waals surface area contributed by atoms with E-state index >= 15 is 0 Å². The van der Waals surface area contributed by atoms with Crippen molar-refractivity contribution in [2.24, 2.45) is 0 Å². The van der Waals surface area contributed by atoms with Crippen molar-refractivity contribution in [2.45, 2.75) is 6.18 Å². The quantitative estimate of drug-likeness (QED) is 0.652. The zero-order chi connectivity index (χ0) is 9.19. The lowest BCUT2D eigenvalue weighted by Gasteiger charge is -2.09. The first-order chi connectivity index (χ1) is 5.55.